The molecule has 0 saturated heterocycles. The third kappa shape index (κ3) is 3.04. The third-order valence-electron chi connectivity index (χ3n) is 3.80. The largest absolute Gasteiger partial charge is 0.394 e. The average Bonchev–Trinajstić information content (AvgIpc) is 2.86. The zero-order valence-corrected chi connectivity index (χ0v) is 11.2. The predicted octanol–water partition coefficient (Wildman–Crippen LogP) is 2.27. The number of nitrogens with one attached hydrogen (secondary N) is 1. The molecule has 0 aliphatic heterocycles. The standard InChI is InChI=1S/C14H20ClNO2/c15-12-6-2-1-5-11(12)13(18)9-16-14(10-17)7-3-4-8-14/h1-2,5-6,13,16-18H,3-4,7-10H2. The smallest absolute Gasteiger partial charge is 0.0928 e. The summed E-state index contributed by atoms with van der Waals surface area (Å²) in [5.74, 6) is 0. The first-order valence-electron chi connectivity index (χ1n) is 6.45. The third-order valence-corrected chi connectivity index (χ3v) is 4.14. The lowest BCUT2D eigenvalue weighted by Crippen LogP contribution is -2.47. The molecule has 100 valence electrons. The van der Waals surface area contributed by atoms with Crippen LogP contribution in [0.4, 0.5) is 0 Å². The maximum absolute atomic E-state index is 10.1. The van der Waals surface area contributed by atoms with Gasteiger partial charge >= 0.3 is 0 Å². The molecule has 4 heteroatoms. The molecule has 1 aliphatic carbocycles. The van der Waals surface area contributed by atoms with E-state index in [1.54, 1.807) is 6.07 Å². The summed E-state index contributed by atoms with van der Waals surface area (Å²) in [4.78, 5) is 0. The number of aliphatic hydroxyl groups is 2. The number of halogens is 1. The molecule has 0 radical (unpaired) electrons. The molecule has 1 saturated carbocycles. The number of hydrogen-bond donors (Lipinski definition) is 3. The van der Waals surface area contributed by atoms with Crippen LogP contribution in [-0.2, 0) is 0 Å². The maximum atomic E-state index is 10.1. The summed E-state index contributed by atoms with van der Waals surface area (Å²) < 4.78 is 0. The van der Waals surface area contributed by atoms with Crippen molar-refractivity contribution in [3.05, 3.63) is 34.9 Å². The van der Waals surface area contributed by atoms with E-state index in [9.17, 15) is 10.2 Å². The van der Waals surface area contributed by atoms with Crippen LogP contribution in [0.5, 0.6) is 0 Å². The van der Waals surface area contributed by atoms with Crippen molar-refractivity contribution in [3.63, 3.8) is 0 Å². The molecule has 1 unspecified atom stereocenters. The SMILES string of the molecule is OCC1(NCC(O)c2ccccc2Cl)CCCC1. The molecule has 2 rings (SSSR count). The number of benzene rings is 1. The van der Waals surface area contributed by atoms with Gasteiger partial charge in [-0.1, -0.05) is 42.6 Å². The maximum Gasteiger partial charge on any atom is 0.0928 e. The molecule has 0 bridgehead atoms. The van der Waals surface area contributed by atoms with Crippen LogP contribution in [0.25, 0.3) is 0 Å². The van der Waals surface area contributed by atoms with Gasteiger partial charge in [0.15, 0.2) is 0 Å². The lowest BCUT2D eigenvalue weighted by atomic mass is 9.98. The Morgan fingerprint density at radius 3 is 2.56 bits per heavy atom. The van der Waals surface area contributed by atoms with Gasteiger partial charge in [-0.15, -0.1) is 0 Å². The zero-order valence-electron chi connectivity index (χ0n) is 10.4. The van der Waals surface area contributed by atoms with Crippen molar-refractivity contribution in [1.29, 1.82) is 0 Å². The highest BCUT2D eigenvalue weighted by Gasteiger charge is 2.33. The van der Waals surface area contributed by atoms with Crippen LogP contribution < -0.4 is 5.32 Å². The van der Waals surface area contributed by atoms with Gasteiger partial charge in [-0.3, -0.25) is 0 Å². The molecule has 0 aromatic heterocycles. The summed E-state index contributed by atoms with van der Waals surface area (Å²) >= 11 is 6.05. The molecule has 1 aromatic carbocycles. The van der Waals surface area contributed by atoms with Crippen molar-refractivity contribution >= 4 is 11.6 Å². The van der Waals surface area contributed by atoms with Crippen LogP contribution >= 0.6 is 11.6 Å². The van der Waals surface area contributed by atoms with Crippen LogP contribution in [0, 0.1) is 0 Å². The number of hydrogen-bond acceptors (Lipinski definition) is 3. The van der Waals surface area contributed by atoms with Gasteiger partial charge in [-0.25, -0.2) is 0 Å². The van der Waals surface area contributed by atoms with E-state index in [-0.39, 0.29) is 12.1 Å². The average molecular weight is 270 g/mol. The molecule has 1 aromatic rings. The van der Waals surface area contributed by atoms with E-state index >= 15 is 0 Å². The van der Waals surface area contributed by atoms with E-state index in [1.165, 1.54) is 0 Å². The molecule has 18 heavy (non-hydrogen) atoms. The molecule has 0 amide bonds. The van der Waals surface area contributed by atoms with Crippen LogP contribution in [0.3, 0.4) is 0 Å². The highest BCUT2D eigenvalue weighted by molar-refractivity contribution is 6.31. The first-order chi connectivity index (χ1) is 8.67. The zero-order chi connectivity index (χ0) is 13.0. The van der Waals surface area contributed by atoms with E-state index in [2.05, 4.69) is 5.32 Å². The van der Waals surface area contributed by atoms with Crippen molar-refractivity contribution in [1.82, 2.24) is 5.32 Å². The monoisotopic (exact) mass is 269 g/mol. The van der Waals surface area contributed by atoms with Crippen LogP contribution in [0.2, 0.25) is 5.02 Å². The second-order valence-corrected chi connectivity index (χ2v) is 5.47. The number of β-amino-alcohol motifs (C(OH)–C–C–N with tert-alkyl or cyclic N) is 1. The molecule has 3 nitrogen and oxygen atoms in total. The van der Waals surface area contributed by atoms with Gasteiger partial charge < -0.3 is 15.5 Å². The fourth-order valence-corrected chi connectivity index (χ4v) is 2.87. The Morgan fingerprint density at radius 1 is 1.28 bits per heavy atom. The molecule has 1 atom stereocenters. The molecular formula is C14H20ClNO2. The van der Waals surface area contributed by atoms with Crippen molar-refractivity contribution < 1.29 is 10.2 Å². The lowest BCUT2D eigenvalue weighted by Gasteiger charge is -2.29. The van der Waals surface area contributed by atoms with Gasteiger partial charge in [0, 0.05) is 22.7 Å². The minimum atomic E-state index is -0.636. The van der Waals surface area contributed by atoms with Crippen LogP contribution in [-0.4, -0.2) is 28.9 Å². The summed E-state index contributed by atoms with van der Waals surface area (Å²) in [5.41, 5.74) is 0.528. The summed E-state index contributed by atoms with van der Waals surface area (Å²) in [6.45, 7) is 0.548. The highest BCUT2D eigenvalue weighted by Crippen LogP contribution is 2.30. The Bertz CT molecular complexity index is 391. The van der Waals surface area contributed by atoms with Gasteiger partial charge in [0.05, 0.1) is 12.7 Å². The van der Waals surface area contributed by atoms with Crippen LogP contribution in [0.1, 0.15) is 37.4 Å². The van der Waals surface area contributed by atoms with Crippen molar-refractivity contribution in [2.75, 3.05) is 13.2 Å². The van der Waals surface area contributed by atoms with E-state index in [4.69, 9.17) is 11.6 Å². The molecule has 1 aliphatic rings. The van der Waals surface area contributed by atoms with Crippen LogP contribution in [0.15, 0.2) is 24.3 Å². The Kier molecular flexibility index (Phi) is 4.62. The van der Waals surface area contributed by atoms with Gasteiger partial charge in [-0.05, 0) is 18.9 Å². The van der Waals surface area contributed by atoms with Gasteiger partial charge in [0.1, 0.15) is 0 Å². The van der Waals surface area contributed by atoms with E-state index in [0.29, 0.717) is 11.6 Å². The second-order valence-electron chi connectivity index (χ2n) is 5.06. The highest BCUT2D eigenvalue weighted by atomic mass is 35.5. The summed E-state index contributed by atoms with van der Waals surface area (Å²) in [5, 5.41) is 23.5. The molecule has 0 spiro atoms. The lowest BCUT2D eigenvalue weighted by molar-refractivity contribution is 0.122. The normalized spacial score (nSPS) is 19.9. The predicted molar refractivity (Wildman–Crippen MR) is 72.7 cm³/mol. The Balaban J connectivity index is 1.96. The Morgan fingerprint density at radius 2 is 1.94 bits per heavy atom. The fourth-order valence-electron chi connectivity index (χ4n) is 2.61. The Hall–Kier alpha value is -0.610. The summed E-state index contributed by atoms with van der Waals surface area (Å²) in [6, 6.07) is 7.31. The van der Waals surface area contributed by atoms with E-state index in [1.807, 2.05) is 18.2 Å². The summed E-state index contributed by atoms with van der Waals surface area (Å²) in [7, 11) is 0. The Labute approximate surface area is 113 Å². The van der Waals surface area contributed by atoms with Gasteiger partial charge in [-0.2, -0.15) is 0 Å². The number of aliphatic hydroxyl groups excluding tert-OH is 2. The first-order valence-corrected chi connectivity index (χ1v) is 6.83. The topological polar surface area (TPSA) is 52.5 Å². The van der Waals surface area contributed by atoms with E-state index in [0.717, 1.165) is 31.2 Å². The van der Waals surface area contributed by atoms with Gasteiger partial charge in [0.25, 0.3) is 0 Å². The molecule has 1 fully saturated rings. The quantitative estimate of drug-likeness (QED) is 0.769. The molecule has 3 N–H and O–H groups in total. The fraction of sp³-hybridized carbons (Fsp3) is 0.571. The van der Waals surface area contributed by atoms with Crippen molar-refractivity contribution in [3.8, 4) is 0 Å². The van der Waals surface area contributed by atoms with Crippen molar-refractivity contribution in [2.24, 2.45) is 0 Å². The second kappa shape index (κ2) is 6.02. The molecule has 0 heterocycles. The number of rotatable bonds is 5. The summed E-state index contributed by atoms with van der Waals surface area (Å²) in [6.07, 6.45) is 3.57. The van der Waals surface area contributed by atoms with Gasteiger partial charge in [0.2, 0.25) is 0 Å². The minimum Gasteiger partial charge on any atom is -0.394 e. The van der Waals surface area contributed by atoms with E-state index < -0.39 is 6.10 Å². The first kappa shape index (κ1) is 13.8. The molecular weight excluding hydrogens is 250 g/mol. The minimum absolute atomic E-state index is 0.127. The van der Waals surface area contributed by atoms with Crippen molar-refractivity contribution in [2.45, 2.75) is 37.3 Å².